The first kappa shape index (κ1) is 16.5. The van der Waals surface area contributed by atoms with Crippen molar-refractivity contribution in [2.24, 2.45) is 0 Å². The molecule has 0 radical (unpaired) electrons. The summed E-state index contributed by atoms with van der Waals surface area (Å²) >= 11 is 5.68. The molecule has 1 aromatic rings. The molecule has 1 saturated heterocycles. The van der Waals surface area contributed by atoms with Crippen LogP contribution in [0.3, 0.4) is 0 Å². The standard InChI is InChI=1S/C15H17ClFN3O2/c1-18-15(22)13-3-2-8-19-20(13)14(21)7-5-10-4-6-11(16)9-12(10)17/h4-7,9,13,19H,2-3,8H2,1H3,(H,18,22)/b7-5+/t13-/m0/s1. The van der Waals surface area contributed by atoms with Crippen molar-refractivity contribution in [3.05, 3.63) is 40.7 Å². The van der Waals surface area contributed by atoms with Gasteiger partial charge in [-0.05, 0) is 31.1 Å². The van der Waals surface area contributed by atoms with Crippen LogP contribution in [0.5, 0.6) is 0 Å². The van der Waals surface area contributed by atoms with Crippen molar-refractivity contribution >= 4 is 29.5 Å². The summed E-state index contributed by atoms with van der Waals surface area (Å²) in [6.45, 7) is 0.613. The Bertz CT molecular complexity index is 606. The second-order valence-electron chi connectivity index (χ2n) is 4.89. The van der Waals surface area contributed by atoms with Crippen molar-refractivity contribution in [2.45, 2.75) is 18.9 Å². The predicted molar refractivity (Wildman–Crippen MR) is 82.4 cm³/mol. The second kappa shape index (κ2) is 7.38. The zero-order chi connectivity index (χ0) is 16.1. The maximum Gasteiger partial charge on any atom is 0.261 e. The molecule has 0 aliphatic carbocycles. The fraction of sp³-hybridized carbons (Fsp3) is 0.333. The summed E-state index contributed by atoms with van der Waals surface area (Å²) in [7, 11) is 1.53. The summed E-state index contributed by atoms with van der Waals surface area (Å²) in [5, 5.41) is 4.11. The average molecular weight is 326 g/mol. The summed E-state index contributed by atoms with van der Waals surface area (Å²) in [6, 6.07) is 3.65. The Morgan fingerprint density at radius 1 is 1.50 bits per heavy atom. The third-order valence-electron chi connectivity index (χ3n) is 3.40. The zero-order valence-corrected chi connectivity index (χ0v) is 12.9. The number of carbonyl (C=O) groups is 2. The number of hydrazine groups is 1. The van der Waals surface area contributed by atoms with Crippen molar-refractivity contribution in [3.63, 3.8) is 0 Å². The van der Waals surface area contributed by atoms with Gasteiger partial charge in [-0.25, -0.2) is 9.82 Å². The SMILES string of the molecule is CNC(=O)[C@@H]1CCCNN1C(=O)/C=C/c1ccc(Cl)cc1F. The first-order valence-electron chi connectivity index (χ1n) is 6.94. The number of nitrogens with zero attached hydrogens (tertiary/aromatic N) is 1. The monoisotopic (exact) mass is 325 g/mol. The molecular formula is C15H17ClFN3O2. The van der Waals surface area contributed by atoms with Crippen molar-refractivity contribution in [2.75, 3.05) is 13.6 Å². The van der Waals surface area contributed by atoms with E-state index in [1.807, 2.05) is 0 Å². The molecule has 1 aromatic carbocycles. The van der Waals surface area contributed by atoms with E-state index in [0.29, 0.717) is 18.0 Å². The van der Waals surface area contributed by atoms with E-state index in [2.05, 4.69) is 10.7 Å². The quantitative estimate of drug-likeness (QED) is 0.832. The first-order valence-corrected chi connectivity index (χ1v) is 7.32. The van der Waals surface area contributed by atoms with Crippen molar-refractivity contribution in [3.8, 4) is 0 Å². The van der Waals surface area contributed by atoms with Crippen molar-refractivity contribution in [1.29, 1.82) is 0 Å². The van der Waals surface area contributed by atoms with E-state index < -0.39 is 17.8 Å². The minimum absolute atomic E-state index is 0.230. The zero-order valence-electron chi connectivity index (χ0n) is 12.1. The van der Waals surface area contributed by atoms with Gasteiger partial charge in [0.25, 0.3) is 5.91 Å². The highest BCUT2D eigenvalue weighted by atomic mass is 35.5. The highest BCUT2D eigenvalue weighted by molar-refractivity contribution is 6.30. The van der Waals surface area contributed by atoms with Crippen molar-refractivity contribution < 1.29 is 14.0 Å². The second-order valence-corrected chi connectivity index (χ2v) is 5.32. The summed E-state index contributed by atoms with van der Waals surface area (Å²) in [5.74, 6) is -1.14. The summed E-state index contributed by atoms with van der Waals surface area (Å²) in [5.41, 5.74) is 3.16. The molecule has 2 amide bonds. The Morgan fingerprint density at radius 3 is 2.95 bits per heavy atom. The summed E-state index contributed by atoms with van der Waals surface area (Å²) < 4.78 is 13.7. The van der Waals surface area contributed by atoms with E-state index >= 15 is 0 Å². The normalized spacial score (nSPS) is 18.5. The molecule has 1 heterocycles. The molecule has 22 heavy (non-hydrogen) atoms. The molecule has 0 unspecified atom stereocenters. The molecule has 2 rings (SSSR count). The molecule has 2 N–H and O–H groups in total. The number of amides is 2. The van der Waals surface area contributed by atoms with Gasteiger partial charge in [-0.1, -0.05) is 17.7 Å². The van der Waals surface area contributed by atoms with Gasteiger partial charge in [-0.3, -0.25) is 14.6 Å². The lowest BCUT2D eigenvalue weighted by molar-refractivity contribution is -0.142. The minimum atomic E-state index is -0.564. The Kier molecular flexibility index (Phi) is 5.51. The first-order chi connectivity index (χ1) is 10.5. The summed E-state index contributed by atoms with van der Waals surface area (Å²) in [4.78, 5) is 24.0. The Balaban J connectivity index is 2.12. The van der Waals surface area contributed by atoms with Crippen LogP contribution in [-0.4, -0.2) is 36.5 Å². The van der Waals surface area contributed by atoms with Gasteiger partial charge in [0, 0.05) is 30.3 Å². The number of carbonyl (C=O) groups excluding carboxylic acids is 2. The highest BCUT2D eigenvalue weighted by Crippen LogP contribution is 2.16. The fourth-order valence-corrected chi connectivity index (χ4v) is 2.42. The molecular weight excluding hydrogens is 309 g/mol. The van der Waals surface area contributed by atoms with Gasteiger partial charge in [-0.2, -0.15) is 0 Å². The molecule has 1 fully saturated rings. The van der Waals surface area contributed by atoms with E-state index in [-0.39, 0.29) is 11.5 Å². The maximum atomic E-state index is 13.7. The van der Waals surface area contributed by atoms with Crippen LogP contribution < -0.4 is 10.7 Å². The van der Waals surface area contributed by atoms with Gasteiger partial charge in [0.15, 0.2) is 0 Å². The van der Waals surface area contributed by atoms with Crippen LogP contribution in [0.15, 0.2) is 24.3 Å². The fourth-order valence-electron chi connectivity index (χ4n) is 2.26. The Morgan fingerprint density at radius 2 is 2.27 bits per heavy atom. The van der Waals surface area contributed by atoms with Crippen LogP contribution in [0.4, 0.5) is 4.39 Å². The van der Waals surface area contributed by atoms with Crippen LogP contribution in [-0.2, 0) is 9.59 Å². The lowest BCUT2D eigenvalue weighted by Gasteiger charge is -2.34. The largest absolute Gasteiger partial charge is 0.357 e. The van der Waals surface area contributed by atoms with Crippen LogP contribution in [0, 0.1) is 5.82 Å². The van der Waals surface area contributed by atoms with E-state index in [1.54, 1.807) is 6.07 Å². The topological polar surface area (TPSA) is 61.4 Å². The van der Waals surface area contributed by atoms with Gasteiger partial charge < -0.3 is 5.32 Å². The number of hydrogen-bond donors (Lipinski definition) is 2. The number of nitrogens with one attached hydrogen (secondary N) is 2. The third-order valence-corrected chi connectivity index (χ3v) is 3.64. The maximum absolute atomic E-state index is 13.7. The molecule has 0 aromatic heterocycles. The minimum Gasteiger partial charge on any atom is -0.357 e. The number of hydrogen-bond acceptors (Lipinski definition) is 3. The van der Waals surface area contributed by atoms with E-state index in [4.69, 9.17) is 11.6 Å². The molecule has 0 bridgehead atoms. The highest BCUT2D eigenvalue weighted by Gasteiger charge is 2.30. The number of benzene rings is 1. The van der Waals surface area contributed by atoms with Gasteiger partial charge >= 0.3 is 0 Å². The van der Waals surface area contributed by atoms with Gasteiger partial charge in [0.2, 0.25) is 5.91 Å². The lowest BCUT2D eigenvalue weighted by atomic mass is 10.1. The van der Waals surface area contributed by atoms with Crippen LogP contribution in [0.1, 0.15) is 18.4 Å². The number of rotatable bonds is 3. The average Bonchev–Trinajstić information content (AvgIpc) is 2.53. The molecule has 118 valence electrons. The molecule has 1 aliphatic heterocycles. The third kappa shape index (κ3) is 3.84. The smallest absolute Gasteiger partial charge is 0.261 e. The van der Waals surface area contributed by atoms with E-state index in [0.717, 1.165) is 6.42 Å². The Labute approximate surface area is 133 Å². The molecule has 0 spiro atoms. The molecule has 0 saturated carbocycles. The van der Waals surface area contributed by atoms with Crippen molar-refractivity contribution in [1.82, 2.24) is 15.8 Å². The lowest BCUT2D eigenvalue weighted by Crippen LogP contribution is -2.57. The van der Waals surface area contributed by atoms with Crippen LogP contribution in [0.25, 0.3) is 6.08 Å². The van der Waals surface area contributed by atoms with Crippen LogP contribution >= 0.6 is 11.6 Å². The van der Waals surface area contributed by atoms with Gasteiger partial charge in [0.05, 0.1) is 0 Å². The van der Waals surface area contributed by atoms with E-state index in [1.165, 1.54) is 36.3 Å². The molecule has 1 aliphatic rings. The molecule has 5 nitrogen and oxygen atoms in total. The van der Waals surface area contributed by atoms with Gasteiger partial charge in [-0.15, -0.1) is 0 Å². The number of likely N-dealkylation sites (N-methyl/N-ethyl adjacent to an activating group) is 1. The van der Waals surface area contributed by atoms with Gasteiger partial charge in [0.1, 0.15) is 11.9 Å². The number of halogens is 2. The molecule has 1 atom stereocenters. The van der Waals surface area contributed by atoms with E-state index in [9.17, 15) is 14.0 Å². The van der Waals surface area contributed by atoms with Crippen LogP contribution in [0.2, 0.25) is 5.02 Å². The summed E-state index contributed by atoms with van der Waals surface area (Å²) in [6.07, 6.45) is 3.99. The molecule has 7 heteroatoms. The predicted octanol–water partition coefficient (Wildman–Crippen LogP) is 1.73. The Hall–Kier alpha value is -1.92.